The van der Waals surface area contributed by atoms with Crippen molar-refractivity contribution >= 4 is 5.82 Å². The van der Waals surface area contributed by atoms with E-state index in [0.717, 1.165) is 37.2 Å². The molecule has 0 unspecified atom stereocenters. The first-order valence-corrected chi connectivity index (χ1v) is 11.0. The summed E-state index contributed by atoms with van der Waals surface area (Å²) >= 11 is 0. The Hall–Kier alpha value is -2.87. The number of piperidine rings is 1. The molecule has 0 amide bonds. The van der Waals surface area contributed by atoms with Gasteiger partial charge in [0.05, 0.1) is 11.9 Å². The van der Waals surface area contributed by atoms with Crippen molar-refractivity contribution in [3.05, 3.63) is 47.8 Å². The number of nitrogens with one attached hydrogen (secondary N) is 2. The first-order chi connectivity index (χ1) is 15.1. The van der Waals surface area contributed by atoms with E-state index in [4.69, 9.17) is 0 Å². The quantitative estimate of drug-likeness (QED) is 0.631. The molecule has 0 spiro atoms. The molecule has 8 heteroatoms. The molecule has 4 heterocycles. The molecule has 3 aromatic rings. The molecule has 1 aromatic carbocycles. The fourth-order valence-corrected chi connectivity index (χ4v) is 5.54. The van der Waals surface area contributed by atoms with Crippen LogP contribution in [0.1, 0.15) is 46.1 Å². The summed E-state index contributed by atoms with van der Waals surface area (Å²) in [5.41, 5.74) is 2.22. The van der Waals surface area contributed by atoms with Gasteiger partial charge in [0.15, 0.2) is 17.5 Å². The largest absolute Gasteiger partial charge is 0.351 e. The average molecular weight is 439 g/mol. The van der Waals surface area contributed by atoms with Crippen molar-refractivity contribution in [2.75, 3.05) is 11.4 Å². The third-order valence-corrected chi connectivity index (χ3v) is 6.52. The van der Waals surface area contributed by atoms with E-state index in [9.17, 15) is 8.78 Å². The van der Waals surface area contributed by atoms with Crippen LogP contribution in [0.5, 0.6) is 0 Å². The fraction of sp³-hybridized carbons (Fsp3) is 0.458. The normalized spacial score (nSPS) is 19.9. The molecule has 1 fully saturated rings. The maximum Gasteiger partial charge on any atom is 0.168 e. The third kappa shape index (κ3) is 3.66. The Morgan fingerprint density at radius 3 is 2.38 bits per heavy atom. The lowest BCUT2D eigenvalue weighted by Crippen LogP contribution is -2.62. The van der Waals surface area contributed by atoms with Crippen molar-refractivity contribution in [1.29, 1.82) is 0 Å². The van der Waals surface area contributed by atoms with E-state index in [0.29, 0.717) is 17.3 Å². The van der Waals surface area contributed by atoms with E-state index in [1.165, 1.54) is 12.4 Å². The van der Waals surface area contributed by atoms with Crippen LogP contribution in [0.15, 0.2) is 30.6 Å². The molecule has 0 atom stereocenters. The van der Waals surface area contributed by atoms with E-state index >= 15 is 0 Å². The highest BCUT2D eigenvalue weighted by Gasteiger charge is 2.42. The summed E-state index contributed by atoms with van der Waals surface area (Å²) in [4.78, 5) is 2.34. The number of H-pyrrole nitrogens is 1. The second-order valence-electron chi connectivity index (χ2n) is 10.3. The minimum absolute atomic E-state index is 0.0277. The Morgan fingerprint density at radius 2 is 1.69 bits per heavy atom. The third-order valence-electron chi connectivity index (χ3n) is 6.52. The molecule has 2 aliphatic heterocycles. The summed E-state index contributed by atoms with van der Waals surface area (Å²) in [7, 11) is 0. The Kier molecular flexibility index (Phi) is 4.81. The van der Waals surface area contributed by atoms with E-state index in [1.807, 2.05) is 6.07 Å². The predicted octanol–water partition coefficient (Wildman–Crippen LogP) is 4.48. The summed E-state index contributed by atoms with van der Waals surface area (Å²) in [6.07, 6.45) is 5.83. The van der Waals surface area contributed by atoms with Gasteiger partial charge in [-0.3, -0.25) is 5.10 Å². The summed E-state index contributed by atoms with van der Waals surface area (Å²) in [6.45, 7) is 9.79. The lowest BCUT2D eigenvalue weighted by molar-refractivity contribution is 0.159. The summed E-state index contributed by atoms with van der Waals surface area (Å²) in [5.74, 6) is -0.968. The minimum atomic E-state index is -0.922. The predicted molar refractivity (Wildman–Crippen MR) is 120 cm³/mol. The van der Waals surface area contributed by atoms with Crippen molar-refractivity contribution in [2.24, 2.45) is 0 Å². The monoisotopic (exact) mass is 438 g/mol. The molecule has 1 saturated heterocycles. The van der Waals surface area contributed by atoms with Crippen LogP contribution in [-0.4, -0.2) is 44.1 Å². The Balaban J connectivity index is 1.45. The van der Waals surface area contributed by atoms with Gasteiger partial charge in [0.25, 0.3) is 0 Å². The van der Waals surface area contributed by atoms with Crippen LogP contribution in [-0.2, 0) is 6.42 Å². The lowest BCUT2D eigenvalue weighted by Gasteiger charge is -2.49. The van der Waals surface area contributed by atoms with Crippen LogP contribution in [0, 0.1) is 11.6 Å². The Labute approximate surface area is 186 Å². The van der Waals surface area contributed by atoms with Crippen molar-refractivity contribution in [1.82, 2.24) is 25.7 Å². The zero-order valence-corrected chi connectivity index (χ0v) is 18.8. The molecule has 32 heavy (non-hydrogen) atoms. The zero-order chi connectivity index (χ0) is 22.7. The van der Waals surface area contributed by atoms with Gasteiger partial charge in [0, 0.05) is 52.1 Å². The van der Waals surface area contributed by atoms with Gasteiger partial charge in [0.2, 0.25) is 0 Å². The van der Waals surface area contributed by atoms with Crippen LogP contribution in [0.2, 0.25) is 0 Å². The van der Waals surface area contributed by atoms with Gasteiger partial charge >= 0.3 is 0 Å². The minimum Gasteiger partial charge on any atom is -0.351 e. The summed E-state index contributed by atoms with van der Waals surface area (Å²) in [6, 6.07) is 5.32. The van der Waals surface area contributed by atoms with E-state index in [1.54, 1.807) is 12.1 Å². The van der Waals surface area contributed by atoms with Crippen molar-refractivity contribution in [3.63, 3.8) is 0 Å². The Morgan fingerprint density at radius 1 is 1.00 bits per heavy atom. The fourth-order valence-electron chi connectivity index (χ4n) is 5.54. The van der Waals surface area contributed by atoms with Gasteiger partial charge in [-0.1, -0.05) is 6.07 Å². The Bertz CT molecular complexity index is 1140. The number of nitrogens with zero attached hydrogens (tertiary/aromatic N) is 4. The zero-order valence-electron chi connectivity index (χ0n) is 18.8. The summed E-state index contributed by atoms with van der Waals surface area (Å²) < 4.78 is 29.7. The van der Waals surface area contributed by atoms with Gasteiger partial charge in [-0.15, -0.1) is 10.2 Å². The number of halogens is 2. The molecule has 0 radical (unpaired) electrons. The first kappa shape index (κ1) is 21.0. The number of hydrogen-bond acceptors (Lipinski definition) is 5. The maximum atomic E-state index is 14.9. The van der Waals surface area contributed by atoms with Crippen LogP contribution in [0.25, 0.3) is 22.4 Å². The number of fused-ring (bicyclic) bond motifs is 1. The van der Waals surface area contributed by atoms with Crippen LogP contribution < -0.4 is 10.2 Å². The smallest absolute Gasteiger partial charge is 0.168 e. The second kappa shape index (κ2) is 7.33. The number of benzene rings is 1. The number of hydrogen-bond donors (Lipinski definition) is 2. The average Bonchev–Trinajstić information content (AvgIpc) is 3.37. The first-order valence-electron chi connectivity index (χ1n) is 11.0. The van der Waals surface area contributed by atoms with E-state index in [-0.39, 0.29) is 22.2 Å². The molecular weight excluding hydrogens is 410 g/mol. The number of aromatic nitrogens is 4. The molecule has 2 N–H and O–H groups in total. The summed E-state index contributed by atoms with van der Waals surface area (Å²) in [5, 5.41) is 18.9. The molecule has 0 bridgehead atoms. The van der Waals surface area contributed by atoms with Crippen molar-refractivity contribution in [2.45, 2.75) is 64.1 Å². The molecular formula is C24H28F2N6. The topological polar surface area (TPSA) is 69.7 Å². The lowest BCUT2D eigenvalue weighted by atomic mass is 9.79. The van der Waals surface area contributed by atoms with Gasteiger partial charge in [-0.25, -0.2) is 8.78 Å². The second-order valence-corrected chi connectivity index (χ2v) is 10.3. The standard InChI is InChI=1S/C24H28F2N6/c1-23(2)10-16(11-24(3,4)31-23)32-8-7-14-9-19(29-30-22(14)32)18-6-5-17(20(25)21(18)26)15-12-27-28-13-15/h5-6,9,12-13,16,31H,7-8,10-11H2,1-4H3,(H,27,28). The SMILES string of the molecule is CC1(C)CC(N2CCc3cc(-c4ccc(-c5cn[nH]c5)c(F)c4F)nnc32)CC(C)(C)N1. The molecule has 0 aliphatic carbocycles. The van der Waals surface area contributed by atoms with Crippen LogP contribution >= 0.6 is 0 Å². The number of anilines is 1. The van der Waals surface area contributed by atoms with Crippen molar-refractivity contribution in [3.8, 4) is 22.4 Å². The van der Waals surface area contributed by atoms with E-state index < -0.39 is 11.6 Å². The molecule has 168 valence electrons. The molecule has 5 rings (SSSR count). The molecule has 2 aliphatic rings. The maximum absolute atomic E-state index is 14.9. The molecule has 0 saturated carbocycles. The highest BCUT2D eigenvalue weighted by Crippen LogP contribution is 2.38. The van der Waals surface area contributed by atoms with Crippen molar-refractivity contribution < 1.29 is 8.78 Å². The highest BCUT2D eigenvalue weighted by molar-refractivity contribution is 5.70. The number of rotatable bonds is 3. The van der Waals surface area contributed by atoms with E-state index in [2.05, 4.69) is 58.3 Å². The van der Waals surface area contributed by atoms with Gasteiger partial charge in [-0.05, 0) is 59.1 Å². The number of aromatic amines is 1. The van der Waals surface area contributed by atoms with Gasteiger partial charge < -0.3 is 10.2 Å². The van der Waals surface area contributed by atoms with Crippen LogP contribution in [0.3, 0.4) is 0 Å². The van der Waals surface area contributed by atoms with Gasteiger partial charge in [-0.2, -0.15) is 5.10 Å². The van der Waals surface area contributed by atoms with Crippen LogP contribution in [0.4, 0.5) is 14.6 Å². The highest BCUT2D eigenvalue weighted by atomic mass is 19.2. The molecule has 2 aromatic heterocycles. The molecule has 6 nitrogen and oxygen atoms in total. The van der Waals surface area contributed by atoms with Gasteiger partial charge in [0.1, 0.15) is 0 Å².